The summed E-state index contributed by atoms with van der Waals surface area (Å²) < 4.78 is 10.4. The van der Waals surface area contributed by atoms with Crippen LogP contribution >= 0.6 is 7.60 Å². The smallest absolute Gasteiger partial charge is 0.324 e. The van der Waals surface area contributed by atoms with Gasteiger partial charge in [0.2, 0.25) is 0 Å². The molecule has 76 valence electrons. The van der Waals surface area contributed by atoms with Crippen molar-refractivity contribution >= 4 is 7.60 Å². The lowest BCUT2D eigenvalue weighted by Gasteiger charge is -2.02. The lowest BCUT2D eigenvalue weighted by molar-refractivity contribution is 0.370. The summed E-state index contributed by atoms with van der Waals surface area (Å²) in [7, 11) is -3.81. The first kappa shape index (κ1) is 12.5. The molecule has 13 heavy (non-hydrogen) atoms. The summed E-state index contributed by atoms with van der Waals surface area (Å²) in [6, 6.07) is 0. The van der Waals surface area contributed by atoms with E-state index in [1.54, 1.807) is 0 Å². The molecule has 0 aromatic carbocycles. The van der Waals surface area contributed by atoms with Crippen molar-refractivity contribution in [2.75, 3.05) is 12.7 Å². The van der Waals surface area contributed by atoms with Gasteiger partial charge in [0.1, 0.15) is 0 Å². The minimum Gasteiger partial charge on any atom is -0.324 e. The van der Waals surface area contributed by atoms with Gasteiger partial charge in [-0.3, -0.25) is 4.57 Å². The lowest BCUT2D eigenvalue weighted by atomic mass is 10.2. The lowest BCUT2D eigenvalue weighted by Crippen LogP contribution is -1.88. The number of hydrogen-bond donors (Lipinski definition) is 2. The highest BCUT2D eigenvalue weighted by Crippen LogP contribution is 2.35. The third-order valence-electron chi connectivity index (χ3n) is 1.52. The van der Waals surface area contributed by atoms with Crippen LogP contribution in [0.3, 0.4) is 0 Å². The first-order chi connectivity index (χ1) is 6.06. The molecule has 0 rings (SSSR count). The zero-order valence-electron chi connectivity index (χ0n) is 7.33. The first-order valence-corrected chi connectivity index (χ1v) is 5.91. The molecule has 6 nitrogen and oxygen atoms in total. The summed E-state index contributed by atoms with van der Waals surface area (Å²) in [6.07, 6.45) is 2.88. The van der Waals surface area contributed by atoms with Crippen molar-refractivity contribution in [3.8, 4) is 0 Å². The monoisotopic (exact) mass is 207 g/mol. The molecule has 0 aliphatic heterocycles. The summed E-state index contributed by atoms with van der Waals surface area (Å²) in [4.78, 5) is 19.6. The molecule has 0 spiro atoms. The molecule has 0 aliphatic carbocycles. The molecule has 0 fully saturated rings. The predicted molar refractivity (Wildman–Crippen MR) is 49.4 cm³/mol. The van der Waals surface area contributed by atoms with Crippen LogP contribution < -0.4 is 0 Å². The van der Waals surface area contributed by atoms with E-state index in [0.29, 0.717) is 13.0 Å². The molecule has 0 atom stereocenters. The minimum absolute atomic E-state index is 0.0471. The van der Waals surface area contributed by atoms with Gasteiger partial charge in [-0.2, -0.15) is 0 Å². The second-order valence-corrected chi connectivity index (χ2v) is 4.53. The summed E-state index contributed by atoms with van der Waals surface area (Å²) in [5.41, 5.74) is 7.93. The third kappa shape index (κ3) is 11.5. The van der Waals surface area contributed by atoms with E-state index in [9.17, 15) is 4.57 Å². The summed E-state index contributed by atoms with van der Waals surface area (Å²) >= 11 is 0. The maximum Gasteiger partial charge on any atom is 0.325 e. The van der Waals surface area contributed by atoms with E-state index < -0.39 is 7.60 Å². The van der Waals surface area contributed by atoms with E-state index >= 15 is 0 Å². The zero-order valence-corrected chi connectivity index (χ0v) is 8.23. The van der Waals surface area contributed by atoms with E-state index in [2.05, 4.69) is 10.0 Å². The zero-order chi connectivity index (χ0) is 10.2. The van der Waals surface area contributed by atoms with Crippen LogP contribution in [-0.4, -0.2) is 22.5 Å². The highest BCUT2D eigenvalue weighted by atomic mass is 31.2. The van der Waals surface area contributed by atoms with E-state index in [-0.39, 0.29) is 6.16 Å². The number of azide groups is 1. The standard InChI is InChI=1S/C6H14N3O3P/c7-9-8-5-3-1-2-4-6-13(10,11)12/h1-6H2,(H2,10,11,12). The Balaban J connectivity index is 3.18. The van der Waals surface area contributed by atoms with Crippen LogP contribution in [0.25, 0.3) is 10.4 Å². The molecular weight excluding hydrogens is 193 g/mol. The Morgan fingerprint density at radius 3 is 2.38 bits per heavy atom. The van der Waals surface area contributed by atoms with E-state index in [1.807, 2.05) is 0 Å². The minimum atomic E-state index is -3.81. The van der Waals surface area contributed by atoms with Gasteiger partial charge in [-0.15, -0.1) is 0 Å². The maximum absolute atomic E-state index is 10.4. The molecule has 0 amide bonds. The molecule has 2 N–H and O–H groups in total. The number of rotatable bonds is 7. The van der Waals surface area contributed by atoms with Crippen LogP contribution in [0, 0.1) is 0 Å². The third-order valence-corrected chi connectivity index (χ3v) is 2.42. The molecule has 0 heterocycles. The van der Waals surface area contributed by atoms with Crippen LogP contribution in [0.15, 0.2) is 5.11 Å². The Bertz CT molecular complexity index is 221. The van der Waals surface area contributed by atoms with Crippen molar-refractivity contribution in [3.05, 3.63) is 10.4 Å². The average Bonchev–Trinajstić information content (AvgIpc) is 2.01. The predicted octanol–water partition coefficient (Wildman–Crippen LogP) is 2.03. The van der Waals surface area contributed by atoms with Crippen LogP contribution in [0.5, 0.6) is 0 Å². The van der Waals surface area contributed by atoms with Gasteiger partial charge in [0.25, 0.3) is 0 Å². The van der Waals surface area contributed by atoms with Gasteiger partial charge >= 0.3 is 7.60 Å². The number of nitrogens with zero attached hydrogens (tertiary/aromatic N) is 3. The van der Waals surface area contributed by atoms with E-state index in [0.717, 1.165) is 19.3 Å². The Morgan fingerprint density at radius 2 is 1.85 bits per heavy atom. The molecule has 0 aromatic heterocycles. The van der Waals surface area contributed by atoms with Gasteiger partial charge in [0.05, 0.1) is 0 Å². The average molecular weight is 207 g/mol. The Hall–Kier alpha value is -0.540. The van der Waals surface area contributed by atoms with Gasteiger partial charge in [0.15, 0.2) is 0 Å². The largest absolute Gasteiger partial charge is 0.325 e. The second kappa shape index (κ2) is 6.92. The van der Waals surface area contributed by atoms with E-state index in [1.165, 1.54) is 0 Å². The Kier molecular flexibility index (Phi) is 6.63. The fraction of sp³-hybridized carbons (Fsp3) is 1.00. The van der Waals surface area contributed by atoms with Crippen molar-refractivity contribution in [3.63, 3.8) is 0 Å². The molecule has 0 bridgehead atoms. The molecule has 7 heteroatoms. The number of unbranched alkanes of at least 4 members (excludes halogenated alkanes) is 3. The highest BCUT2D eigenvalue weighted by Gasteiger charge is 2.10. The van der Waals surface area contributed by atoms with Gasteiger partial charge in [-0.05, 0) is 18.4 Å². The van der Waals surface area contributed by atoms with Crippen molar-refractivity contribution in [1.29, 1.82) is 0 Å². The molecule has 0 saturated carbocycles. The fourth-order valence-electron chi connectivity index (χ4n) is 0.899. The van der Waals surface area contributed by atoms with Crippen LogP contribution in [-0.2, 0) is 4.57 Å². The van der Waals surface area contributed by atoms with Crippen molar-refractivity contribution in [2.45, 2.75) is 25.7 Å². The van der Waals surface area contributed by atoms with Crippen LogP contribution in [0.4, 0.5) is 0 Å². The van der Waals surface area contributed by atoms with Gasteiger partial charge in [-0.25, -0.2) is 0 Å². The van der Waals surface area contributed by atoms with Gasteiger partial charge in [0, 0.05) is 17.6 Å². The van der Waals surface area contributed by atoms with Crippen LogP contribution in [0.2, 0.25) is 0 Å². The van der Waals surface area contributed by atoms with Crippen molar-refractivity contribution < 1.29 is 14.4 Å². The quantitative estimate of drug-likeness (QED) is 0.219. The Morgan fingerprint density at radius 1 is 1.23 bits per heavy atom. The van der Waals surface area contributed by atoms with Crippen molar-refractivity contribution in [2.24, 2.45) is 5.11 Å². The maximum atomic E-state index is 10.4. The summed E-state index contributed by atoms with van der Waals surface area (Å²) in [6.45, 7) is 0.465. The van der Waals surface area contributed by atoms with Gasteiger partial charge < -0.3 is 9.79 Å². The van der Waals surface area contributed by atoms with Crippen molar-refractivity contribution in [1.82, 2.24) is 0 Å². The highest BCUT2D eigenvalue weighted by molar-refractivity contribution is 7.51. The topological polar surface area (TPSA) is 106 Å². The number of hydrogen-bond acceptors (Lipinski definition) is 2. The summed E-state index contributed by atoms with van der Waals surface area (Å²) in [5.74, 6) is 0. The molecular formula is C6H14N3O3P. The fourth-order valence-corrected chi connectivity index (χ4v) is 1.53. The first-order valence-electron chi connectivity index (χ1n) is 4.12. The SMILES string of the molecule is [N-]=[N+]=NCCCCCCP(=O)(O)O. The molecule has 0 radical (unpaired) electrons. The Labute approximate surface area is 76.7 Å². The van der Waals surface area contributed by atoms with Gasteiger partial charge in [-0.1, -0.05) is 18.0 Å². The molecule has 0 aliphatic rings. The van der Waals surface area contributed by atoms with Crippen LogP contribution in [0.1, 0.15) is 25.7 Å². The summed E-state index contributed by atoms with van der Waals surface area (Å²) in [5, 5.41) is 3.35. The van der Waals surface area contributed by atoms with E-state index in [4.69, 9.17) is 15.3 Å². The molecule has 0 unspecified atom stereocenters. The molecule has 0 saturated heterocycles. The molecule has 0 aromatic rings. The second-order valence-electron chi connectivity index (χ2n) is 2.76. The normalized spacial score (nSPS) is 10.9.